The van der Waals surface area contributed by atoms with E-state index < -0.39 is 0 Å². The van der Waals surface area contributed by atoms with E-state index in [-0.39, 0.29) is 6.04 Å². The predicted octanol–water partition coefficient (Wildman–Crippen LogP) is 2.70. The van der Waals surface area contributed by atoms with E-state index in [9.17, 15) is 0 Å². The fraction of sp³-hybridized carbons (Fsp3) is 0.647. The number of hydrogen-bond acceptors (Lipinski definition) is 4. The topological polar surface area (TPSA) is 33.7 Å². The smallest absolute Gasteiger partial charge is 0.123 e. The number of nitrogens with zero attached hydrogens (tertiary/aromatic N) is 1. The molecular weight excluding hydrogens is 264 g/mol. The Morgan fingerprint density at radius 2 is 2.05 bits per heavy atom. The van der Waals surface area contributed by atoms with Crippen molar-refractivity contribution < 1.29 is 9.47 Å². The summed E-state index contributed by atoms with van der Waals surface area (Å²) in [5.41, 5.74) is 1.16. The Morgan fingerprint density at radius 1 is 1.29 bits per heavy atom. The number of methoxy groups -OCH3 is 2. The lowest BCUT2D eigenvalue weighted by Crippen LogP contribution is -2.35. The van der Waals surface area contributed by atoms with Crippen molar-refractivity contribution in [1.82, 2.24) is 10.2 Å². The molecule has 118 valence electrons. The normalized spacial score (nSPS) is 16.0. The number of nitrogens with one attached hydrogen (secondary N) is 1. The second-order valence-corrected chi connectivity index (χ2v) is 5.74. The van der Waals surface area contributed by atoms with Gasteiger partial charge in [0.25, 0.3) is 0 Å². The van der Waals surface area contributed by atoms with Crippen LogP contribution in [0.4, 0.5) is 0 Å². The largest absolute Gasteiger partial charge is 0.497 e. The van der Waals surface area contributed by atoms with Gasteiger partial charge in [-0.15, -0.1) is 0 Å². The van der Waals surface area contributed by atoms with Crippen molar-refractivity contribution >= 4 is 0 Å². The zero-order chi connectivity index (χ0) is 15.2. The molecule has 1 aromatic rings. The molecule has 2 rings (SSSR count). The third-order valence-corrected chi connectivity index (χ3v) is 4.26. The van der Waals surface area contributed by atoms with Crippen LogP contribution in [0.1, 0.15) is 31.4 Å². The molecule has 0 amide bonds. The molecule has 4 heteroatoms. The van der Waals surface area contributed by atoms with Crippen LogP contribution < -0.4 is 14.8 Å². The number of likely N-dealkylation sites (N-methyl/N-ethyl adjacent to an activating group) is 2. The average molecular weight is 292 g/mol. The van der Waals surface area contributed by atoms with Gasteiger partial charge in [-0.05, 0) is 50.6 Å². The van der Waals surface area contributed by atoms with E-state index in [2.05, 4.69) is 23.2 Å². The van der Waals surface area contributed by atoms with E-state index in [1.807, 2.05) is 19.2 Å². The van der Waals surface area contributed by atoms with Crippen molar-refractivity contribution in [3.63, 3.8) is 0 Å². The molecule has 1 aliphatic carbocycles. The monoisotopic (exact) mass is 292 g/mol. The van der Waals surface area contributed by atoms with Crippen LogP contribution in [-0.4, -0.2) is 45.8 Å². The van der Waals surface area contributed by atoms with E-state index in [4.69, 9.17) is 9.47 Å². The van der Waals surface area contributed by atoms with Crippen molar-refractivity contribution in [3.05, 3.63) is 23.8 Å². The van der Waals surface area contributed by atoms with Gasteiger partial charge in [0, 0.05) is 24.7 Å². The number of benzene rings is 1. The molecule has 0 bridgehead atoms. The van der Waals surface area contributed by atoms with Gasteiger partial charge >= 0.3 is 0 Å². The van der Waals surface area contributed by atoms with Gasteiger partial charge in [0.2, 0.25) is 0 Å². The van der Waals surface area contributed by atoms with Gasteiger partial charge in [-0.2, -0.15) is 0 Å². The Bertz CT molecular complexity index is 446. The summed E-state index contributed by atoms with van der Waals surface area (Å²) in [5, 5.41) is 3.43. The van der Waals surface area contributed by atoms with Crippen LogP contribution in [0.25, 0.3) is 0 Å². The maximum Gasteiger partial charge on any atom is 0.123 e. The van der Waals surface area contributed by atoms with Crippen LogP contribution >= 0.6 is 0 Å². The van der Waals surface area contributed by atoms with Crippen LogP contribution in [0.15, 0.2) is 18.2 Å². The van der Waals surface area contributed by atoms with Gasteiger partial charge < -0.3 is 19.7 Å². The third kappa shape index (κ3) is 4.35. The Morgan fingerprint density at radius 3 is 2.57 bits per heavy atom. The highest BCUT2D eigenvalue weighted by molar-refractivity contribution is 5.42. The quantitative estimate of drug-likeness (QED) is 0.759. The standard InChI is InChI=1S/C17H28N2O2/c1-5-19(11-13-6-7-13)12-16(18-2)15-10-14(20-3)8-9-17(15)21-4/h8-10,13,16,18H,5-7,11-12H2,1-4H3. The molecule has 0 saturated heterocycles. The van der Waals surface area contributed by atoms with Gasteiger partial charge in [-0.1, -0.05) is 6.92 Å². The van der Waals surface area contributed by atoms with E-state index in [0.29, 0.717) is 0 Å². The van der Waals surface area contributed by atoms with Gasteiger partial charge in [0.05, 0.1) is 14.2 Å². The Labute approximate surface area is 128 Å². The first kappa shape index (κ1) is 16.1. The molecule has 1 aromatic carbocycles. The van der Waals surface area contributed by atoms with Crippen LogP contribution in [-0.2, 0) is 0 Å². The summed E-state index contributed by atoms with van der Waals surface area (Å²) in [6.07, 6.45) is 2.78. The first-order valence-corrected chi connectivity index (χ1v) is 7.83. The number of rotatable bonds is 9. The fourth-order valence-corrected chi connectivity index (χ4v) is 2.71. The van der Waals surface area contributed by atoms with Gasteiger partial charge in [0.1, 0.15) is 11.5 Å². The fourth-order valence-electron chi connectivity index (χ4n) is 2.71. The van der Waals surface area contributed by atoms with Crippen LogP contribution in [0.2, 0.25) is 0 Å². The summed E-state index contributed by atoms with van der Waals surface area (Å²) in [5.74, 6) is 2.70. The maximum absolute atomic E-state index is 5.52. The molecule has 1 atom stereocenters. The minimum absolute atomic E-state index is 0.244. The van der Waals surface area contributed by atoms with Crippen molar-refractivity contribution in [1.29, 1.82) is 0 Å². The molecule has 1 aliphatic rings. The predicted molar refractivity (Wildman–Crippen MR) is 86.2 cm³/mol. The molecule has 0 heterocycles. The van der Waals surface area contributed by atoms with Gasteiger partial charge in [-0.25, -0.2) is 0 Å². The van der Waals surface area contributed by atoms with Crippen molar-refractivity contribution in [2.75, 3.05) is 40.9 Å². The zero-order valence-electron chi connectivity index (χ0n) is 13.7. The highest BCUT2D eigenvalue weighted by Gasteiger charge is 2.25. The van der Waals surface area contributed by atoms with E-state index in [0.717, 1.165) is 36.1 Å². The lowest BCUT2D eigenvalue weighted by Gasteiger charge is -2.27. The third-order valence-electron chi connectivity index (χ3n) is 4.26. The van der Waals surface area contributed by atoms with Crippen LogP contribution in [0.3, 0.4) is 0 Å². The van der Waals surface area contributed by atoms with Gasteiger partial charge in [-0.3, -0.25) is 0 Å². The summed E-state index contributed by atoms with van der Waals surface area (Å²) in [6, 6.07) is 6.24. The molecule has 1 saturated carbocycles. The minimum atomic E-state index is 0.244. The van der Waals surface area contributed by atoms with E-state index in [1.165, 1.54) is 19.4 Å². The van der Waals surface area contributed by atoms with Crippen LogP contribution in [0.5, 0.6) is 11.5 Å². The molecule has 0 radical (unpaired) electrons. The average Bonchev–Trinajstić information content (AvgIpc) is 3.34. The Balaban J connectivity index is 2.14. The summed E-state index contributed by atoms with van der Waals surface area (Å²) in [6.45, 7) is 5.52. The molecule has 0 aromatic heterocycles. The summed E-state index contributed by atoms with van der Waals surface area (Å²) >= 11 is 0. The lowest BCUT2D eigenvalue weighted by atomic mass is 10.0. The molecule has 21 heavy (non-hydrogen) atoms. The Kier molecular flexibility index (Phi) is 5.88. The van der Waals surface area contributed by atoms with Crippen LogP contribution in [0, 0.1) is 5.92 Å². The molecule has 1 unspecified atom stereocenters. The van der Waals surface area contributed by atoms with Gasteiger partial charge in [0.15, 0.2) is 0 Å². The van der Waals surface area contributed by atoms with Crippen molar-refractivity contribution in [3.8, 4) is 11.5 Å². The molecule has 1 N–H and O–H groups in total. The summed E-state index contributed by atoms with van der Waals surface area (Å²) < 4.78 is 10.9. The minimum Gasteiger partial charge on any atom is -0.497 e. The second kappa shape index (κ2) is 7.66. The van der Waals surface area contributed by atoms with E-state index >= 15 is 0 Å². The highest BCUT2D eigenvalue weighted by atomic mass is 16.5. The Hall–Kier alpha value is -1.26. The first-order chi connectivity index (χ1) is 10.2. The molecule has 0 spiro atoms. The maximum atomic E-state index is 5.52. The zero-order valence-corrected chi connectivity index (χ0v) is 13.7. The number of ether oxygens (including phenoxy) is 2. The first-order valence-electron chi connectivity index (χ1n) is 7.83. The molecule has 1 fully saturated rings. The molecular formula is C17H28N2O2. The SMILES string of the molecule is CCN(CC1CC1)CC(NC)c1cc(OC)ccc1OC. The highest BCUT2D eigenvalue weighted by Crippen LogP contribution is 2.32. The molecule has 4 nitrogen and oxygen atoms in total. The molecule has 0 aliphatic heterocycles. The lowest BCUT2D eigenvalue weighted by molar-refractivity contribution is 0.246. The van der Waals surface area contributed by atoms with Crippen molar-refractivity contribution in [2.24, 2.45) is 5.92 Å². The van der Waals surface area contributed by atoms with Crippen molar-refractivity contribution in [2.45, 2.75) is 25.8 Å². The van der Waals surface area contributed by atoms with E-state index in [1.54, 1.807) is 14.2 Å². The summed E-state index contributed by atoms with van der Waals surface area (Å²) in [7, 11) is 5.43. The second-order valence-electron chi connectivity index (χ2n) is 5.74. The summed E-state index contributed by atoms with van der Waals surface area (Å²) in [4.78, 5) is 2.53. The number of hydrogen-bond donors (Lipinski definition) is 1.